The molecule has 2 atom stereocenters. The Morgan fingerprint density at radius 3 is 2.59 bits per heavy atom. The number of hydrogen-bond donors (Lipinski definition) is 1. The Labute approximate surface area is 133 Å². The fourth-order valence-corrected chi connectivity index (χ4v) is 2.74. The Balaban J connectivity index is 1.89. The van der Waals surface area contributed by atoms with Crippen LogP contribution >= 0.6 is 0 Å². The summed E-state index contributed by atoms with van der Waals surface area (Å²) >= 11 is 0. The number of benzene rings is 1. The minimum Gasteiger partial charge on any atom is -0.372 e. The summed E-state index contributed by atoms with van der Waals surface area (Å²) in [6, 6.07) is 10.4. The summed E-state index contributed by atoms with van der Waals surface area (Å²) in [5, 5.41) is 3.04. The van der Waals surface area contributed by atoms with Gasteiger partial charge >= 0.3 is 6.03 Å². The molecule has 1 saturated heterocycles. The molecule has 0 bridgehead atoms. The number of urea groups is 1. The van der Waals surface area contributed by atoms with Crippen LogP contribution in [0.2, 0.25) is 0 Å². The van der Waals surface area contributed by atoms with Gasteiger partial charge in [-0.2, -0.15) is 0 Å². The quantitative estimate of drug-likeness (QED) is 0.931. The number of carbonyl (C=O) groups excluding carboxylic acids is 1. The standard InChI is InChI=1S/C18H28N2O2/c1-14-12-20(17(21)19-18(2,3)4)13-16(22-14)11-10-15-8-6-5-7-9-15/h5-9,14,16H,10-13H2,1-4H3,(H,19,21). The lowest BCUT2D eigenvalue weighted by molar-refractivity contribution is -0.0669. The first kappa shape index (κ1) is 16.8. The third-order valence-corrected chi connectivity index (χ3v) is 3.69. The molecule has 1 aromatic carbocycles. The van der Waals surface area contributed by atoms with Crippen molar-refractivity contribution in [1.82, 2.24) is 10.2 Å². The van der Waals surface area contributed by atoms with E-state index in [4.69, 9.17) is 4.74 Å². The van der Waals surface area contributed by atoms with Gasteiger partial charge in [-0.1, -0.05) is 30.3 Å². The van der Waals surface area contributed by atoms with Crippen LogP contribution in [0.15, 0.2) is 30.3 Å². The second kappa shape index (κ2) is 7.14. The number of ether oxygens (including phenoxy) is 1. The molecule has 0 spiro atoms. The number of rotatable bonds is 3. The summed E-state index contributed by atoms with van der Waals surface area (Å²) in [5.41, 5.74) is 1.10. The first-order chi connectivity index (χ1) is 10.3. The summed E-state index contributed by atoms with van der Waals surface area (Å²) in [4.78, 5) is 14.2. The fourth-order valence-electron chi connectivity index (χ4n) is 2.74. The number of nitrogens with one attached hydrogen (secondary N) is 1. The number of nitrogens with zero attached hydrogens (tertiary/aromatic N) is 1. The van der Waals surface area contributed by atoms with E-state index in [1.165, 1.54) is 5.56 Å². The van der Waals surface area contributed by atoms with Crippen molar-refractivity contribution in [3.63, 3.8) is 0 Å². The average molecular weight is 304 g/mol. The summed E-state index contributed by atoms with van der Waals surface area (Å²) in [7, 11) is 0. The normalized spacial score (nSPS) is 22.5. The van der Waals surface area contributed by atoms with E-state index >= 15 is 0 Å². The van der Waals surface area contributed by atoms with Crippen LogP contribution in [0.4, 0.5) is 4.79 Å². The van der Waals surface area contributed by atoms with Crippen LogP contribution in [0.25, 0.3) is 0 Å². The van der Waals surface area contributed by atoms with Gasteiger partial charge < -0.3 is 15.0 Å². The molecule has 1 aliphatic heterocycles. The van der Waals surface area contributed by atoms with Gasteiger partial charge in [-0.05, 0) is 46.1 Å². The summed E-state index contributed by atoms with van der Waals surface area (Å²) in [6.07, 6.45) is 2.11. The summed E-state index contributed by atoms with van der Waals surface area (Å²) < 4.78 is 6.00. The molecule has 0 aromatic heterocycles. The highest BCUT2D eigenvalue weighted by Crippen LogP contribution is 2.17. The minimum absolute atomic E-state index is 0.00682. The predicted octanol–water partition coefficient (Wildman–Crippen LogP) is 3.22. The molecule has 1 aliphatic rings. The zero-order valence-corrected chi connectivity index (χ0v) is 14.1. The van der Waals surface area contributed by atoms with E-state index in [0.717, 1.165) is 12.8 Å². The SMILES string of the molecule is CC1CN(C(=O)NC(C)(C)C)CC(CCc2ccccc2)O1. The molecular weight excluding hydrogens is 276 g/mol. The molecule has 22 heavy (non-hydrogen) atoms. The maximum atomic E-state index is 12.3. The highest BCUT2D eigenvalue weighted by molar-refractivity contribution is 5.75. The summed E-state index contributed by atoms with van der Waals surface area (Å²) in [5.74, 6) is 0. The molecule has 1 N–H and O–H groups in total. The predicted molar refractivity (Wildman–Crippen MR) is 89.0 cm³/mol. The van der Waals surface area contributed by atoms with Gasteiger partial charge in [-0.3, -0.25) is 0 Å². The van der Waals surface area contributed by atoms with E-state index in [1.807, 2.05) is 38.7 Å². The molecule has 4 heteroatoms. The smallest absolute Gasteiger partial charge is 0.317 e. The van der Waals surface area contributed by atoms with Gasteiger partial charge in [0, 0.05) is 18.6 Å². The van der Waals surface area contributed by atoms with E-state index in [2.05, 4.69) is 29.6 Å². The molecule has 2 unspecified atom stereocenters. The molecule has 1 heterocycles. The van der Waals surface area contributed by atoms with Gasteiger partial charge in [0.25, 0.3) is 0 Å². The summed E-state index contributed by atoms with van der Waals surface area (Å²) in [6.45, 7) is 9.36. The van der Waals surface area contributed by atoms with E-state index < -0.39 is 0 Å². The first-order valence-corrected chi connectivity index (χ1v) is 8.10. The third kappa shape index (κ3) is 5.34. The number of amides is 2. The Bertz CT molecular complexity index is 482. The number of carbonyl (C=O) groups is 1. The van der Waals surface area contributed by atoms with Crippen molar-refractivity contribution >= 4 is 6.03 Å². The minimum atomic E-state index is -0.210. The molecule has 122 valence electrons. The van der Waals surface area contributed by atoms with Crippen molar-refractivity contribution in [3.8, 4) is 0 Å². The average Bonchev–Trinajstić information content (AvgIpc) is 2.44. The maximum absolute atomic E-state index is 12.3. The lowest BCUT2D eigenvalue weighted by Crippen LogP contribution is -2.55. The van der Waals surface area contributed by atoms with Gasteiger partial charge in [0.15, 0.2) is 0 Å². The molecule has 0 saturated carbocycles. The van der Waals surface area contributed by atoms with Gasteiger partial charge in [0.05, 0.1) is 12.2 Å². The lowest BCUT2D eigenvalue weighted by atomic mass is 10.0. The zero-order valence-electron chi connectivity index (χ0n) is 14.1. The van der Waals surface area contributed by atoms with Crippen LogP contribution in [0.1, 0.15) is 39.7 Å². The van der Waals surface area contributed by atoms with Gasteiger partial charge in [0.1, 0.15) is 0 Å². The number of hydrogen-bond acceptors (Lipinski definition) is 2. The fraction of sp³-hybridized carbons (Fsp3) is 0.611. The van der Waals surface area contributed by atoms with Crippen molar-refractivity contribution in [2.45, 2.75) is 58.3 Å². The largest absolute Gasteiger partial charge is 0.372 e. The van der Waals surface area contributed by atoms with Crippen molar-refractivity contribution in [2.24, 2.45) is 0 Å². The topological polar surface area (TPSA) is 41.6 Å². The monoisotopic (exact) mass is 304 g/mol. The Morgan fingerprint density at radius 1 is 1.27 bits per heavy atom. The maximum Gasteiger partial charge on any atom is 0.317 e. The molecule has 2 amide bonds. The van der Waals surface area contributed by atoms with Crippen LogP contribution in [0.3, 0.4) is 0 Å². The second-order valence-corrected chi connectivity index (χ2v) is 7.18. The third-order valence-electron chi connectivity index (χ3n) is 3.69. The van der Waals surface area contributed by atoms with E-state index in [1.54, 1.807) is 0 Å². The molecule has 1 aromatic rings. The van der Waals surface area contributed by atoms with Crippen molar-refractivity contribution in [1.29, 1.82) is 0 Å². The molecule has 4 nitrogen and oxygen atoms in total. The van der Waals surface area contributed by atoms with E-state index in [9.17, 15) is 4.79 Å². The van der Waals surface area contributed by atoms with Gasteiger partial charge in [-0.25, -0.2) is 4.79 Å². The van der Waals surface area contributed by atoms with Crippen LogP contribution in [0, 0.1) is 0 Å². The Kier molecular flexibility index (Phi) is 5.46. The molecular formula is C18H28N2O2. The van der Waals surface area contributed by atoms with Gasteiger partial charge in [0.2, 0.25) is 0 Å². The molecule has 0 aliphatic carbocycles. The van der Waals surface area contributed by atoms with Crippen LogP contribution < -0.4 is 5.32 Å². The number of aryl methyl sites for hydroxylation is 1. The Hall–Kier alpha value is -1.55. The molecule has 2 rings (SSSR count). The zero-order chi connectivity index (χ0) is 16.2. The highest BCUT2D eigenvalue weighted by atomic mass is 16.5. The van der Waals surface area contributed by atoms with Crippen molar-refractivity contribution in [2.75, 3.05) is 13.1 Å². The lowest BCUT2D eigenvalue weighted by Gasteiger charge is -2.38. The Morgan fingerprint density at radius 2 is 1.95 bits per heavy atom. The van der Waals surface area contributed by atoms with Crippen LogP contribution in [-0.2, 0) is 11.2 Å². The molecule has 1 fully saturated rings. The van der Waals surface area contributed by atoms with Gasteiger partial charge in [-0.15, -0.1) is 0 Å². The molecule has 0 radical (unpaired) electrons. The first-order valence-electron chi connectivity index (χ1n) is 8.10. The van der Waals surface area contributed by atoms with E-state index in [-0.39, 0.29) is 23.8 Å². The highest BCUT2D eigenvalue weighted by Gasteiger charge is 2.29. The van der Waals surface area contributed by atoms with E-state index in [0.29, 0.717) is 13.1 Å². The van der Waals surface area contributed by atoms with Crippen molar-refractivity contribution in [3.05, 3.63) is 35.9 Å². The van der Waals surface area contributed by atoms with Crippen molar-refractivity contribution < 1.29 is 9.53 Å². The van der Waals surface area contributed by atoms with Crippen LogP contribution in [-0.4, -0.2) is 41.8 Å². The number of morpholine rings is 1. The second-order valence-electron chi connectivity index (χ2n) is 7.18. The van der Waals surface area contributed by atoms with Crippen LogP contribution in [0.5, 0.6) is 0 Å².